The van der Waals surface area contributed by atoms with Crippen LogP contribution in [0, 0.1) is 5.92 Å². The first-order valence-electron chi connectivity index (χ1n) is 5.88. The summed E-state index contributed by atoms with van der Waals surface area (Å²) in [4.78, 5) is 0.533. The predicted octanol–water partition coefficient (Wildman–Crippen LogP) is 4.61. The van der Waals surface area contributed by atoms with Gasteiger partial charge in [-0.15, -0.1) is 0 Å². The Morgan fingerprint density at radius 3 is 2.12 bits per heavy atom. The largest absolute Gasteiger partial charge is 0.497 e. The Kier molecular flexibility index (Phi) is 5.33. The summed E-state index contributed by atoms with van der Waals surface area (Å²) >= 11 is 3.81. The molecule has 0 heterocycles. The standard InChI is InChI=1S/C14H21BrO/c1-5-13(14(15)10(2)3)11-6-8-12(16-4)9-7-11/h6-10,13-14H,5H2,1-4H3. The van der Waals surface area contributed by atoms with E-state index in [0.717, 1.165) is 12.2 Å². The summed E-state index contributed by atoms with van der Waals surface area (Å²) in [7, 11) is 1.70. The van der Waals surface area contributed by atoms with Gasteiger partial charge in [0.15, 0.2) is 0 Å². The minimum atomic E-state index is 0.533. The third kappa shape index (κ3) is 3.24. The highest BCUT2D eigenvalue weighted by Crippen LogP contribution is 2.33. The molecule has 1 aromatic rings. The molecule has 0 N–H and O–H groups in total. The molecule has 1 aromatic carbocycles. The molecule has 1 rings (SSSR count). The van der Waals surface area contributed by atoms with E-state index >= 15 is 0 Å². The van der Waals surface area contributed by atoms with E-state index in [0.29, 0.717) is 16.7 Å². The van der Waals surface area contributed by atoms with E-state index in [2.05, 4.69) is 48.8 Å². The van der Waals surface area contributed by atoms with E-state index in [1.54, 1.807) is 7.11 Å². The molecule has 1 nitrogen and oxygen atoms in total. The second kappa shape index (κ2) is 6.29. The highest BCUT2D eigenvalue weighted by molar-refractivity contribution is 9.09. The number of halogens is 1. The summed E-state index contributed by atoms with van der Waals surface area (Å²) in [5, 5.41) is 0. The third-order valence-corrected chi connectivity index (χ3v) is 4.70. The Labute approximate surface area is 107 Å². The smallest absolute Gasteiger partial charge is 0.118 e. The van der Waals surface area contributed by atoms with Gasteiger partial charge >= 0.3 is 0 Å². The SMILES string of the molecule is CCC(c1ccc(OC)cc1)C(Br)C(C)C. The van der Waals surface area contributed by atoms with Crippen molar-refractivity contribution in [1.82, 2.24) is 0 Å². The first-order valence-corrected chi connectivity index (χ1v) is 6.79. The fourth-order valence-electron chi connectivity index (χ4n) is 1.96. The fourth-order valence-corrected chi connectivity index (χ4v) is 2.64. The molecular weight excluding hydrogens is 264 g/mol. The lowest BCUT2D eigenvalue weighted by atomic mass is 9.88. The van der Waals surface area contributed by atoms with E-state index in [1.165, 1.54) is 5.56 Å². The Hall–Kier alpha value is -0.500. The molecule has 0 aliphatic rings. The van der Waals surface area contributed by atoms with Gasteiger partial charge in [-0.1, -0.05) is 48.8 Å². The molecule has 0 radical (unpaired) electrons. The lowest BCUT2D eigenvalue weighted by molar-refractivity contribution is 0.414. The average Bonchev–Trinajstić information content (AvgIpc) is 2.30. The van der Waals surface area contributed by atoms with Crippen LogP contribution in [0.5, 0.6) is 5.75 Å². The van der Waals surface area contributed by atoms with Gasteiger partial charge in [0.1, 0.15) is 5.75 Å². The molecule has 0 aliphatic carbocycles. The Balaban J connectivity index is 2.86. The maximum Gasteiger partial charge on any atom is 0.118 e. The van der Waals surface area contributed by atoms with Crippen LogP contribution >= 0.6 is 15.9 Å². The Morgan fingerprint density at radius 2 is 1.75 bits per heavy atom. The number of alkyl halides is 1. The van der Waals surface area contributed by atoms with E-state index in [9.17, 15) is 0 Å². The molecule has 2 atom stereocenters. The van der Waals surface area contributed by atoms with Crippen molar-refractivity contribution in [2.24, 2.45) is 5.92 Å². The van der Waals surface area contributed by atoms with Crippen LogP contribution in [-0.2, 0) is 0 Å². The molecule has 0 aromatic heterocycles. The van der Waals surface area contributed by atoms with Gasteiger partial charge in [-0.2, -0.15) is 0 Å². The van der Waals surface area contributed by atoms with Crippen molar-refractivity contribution in [2.75, 3.05) is 7.11 Å². The number of methoxy groups -OCH3 is 1. The van der Waals surface area contributed by atoms with E-state index < -0.39 is 0 Å². The van der Waals surface area contributed by atoms with Crippen LogP contribution in [0.25, 0.3) is 0 Å². The first-order chi connectivity index (χ1) is 7.60. The normalized spacial score (nSPS) is 14.9. The molecule has 0 aliphatic heterocycles. The molecule has 90 valence electrons. The number of hydrogen-bond donors (Lipinski definition) is 0. The Morgan fingerprint density at radius 1 is 1.19 bits per heavy atom. The number of hydrogen-bond acceptors (Lipinski definition) is 1. The predicted molar refractivity (Wildman–Crippen MR) is 73.6 cm³/mol. The topological polar surface area (TPSA) is 9.23 Å². The molecule has 0 amide bonds. The molecule has 0 fully saturated rings. The van der Waals surface area contributed by atoms with Crippen molar-refractivity contribution in [1.29, 1.82) is 0 Å². The van der Waals surface area contributed by atoms with Crippen LogP contribution < -0.4 is 4.74 Å². The maximum absolute atomic E-state index is 5.18. The fraction of sp³-hybridized carbons (Fsp3) is 0.571. The summed E-state index contributed by atoms with van der Waals surface area (Å²) in [5.74, 6) is 2.15. The number of ether oxygens (including phenoxy) is 1. The highest BCUT2D eigenvalue weighted by atomic mass is 79.9. The van der Waals surface area contributed by atoms with Crippen molar-refractivity contribution in [3.05, 3.63) is 29.8 Å². The molecule has 0 saturated heterocycles. The zero-order valence-corrected chi connectivity index (χ0v) is 12.1. The average molecular weight is 285 g/mol. The van der Waals surface area contributed by atoms with Crippen molar-refractivity contribution < 1.29 is 4.74 Å². The monoisotopic (exact) mass is 284 g/mol. The summed E-state index contributed by atoms with van der Waals surface area (Å²) in [6, 6.07) is 8.42. The zero-order chi connectivity index (χ0) is 12.1. The van der Waals surface area contributed by atoms with Gasteiger partial charge in [0, 0.05) is 4.83 Å². The van der Waals surface area contributed by atoms with Crippen LogP contribution in [-0.4, -0.2) is 11.9 Å². The zero-order valence-electron chi connectivity index (χ0n) is 10.5. The maximum atomic E-state index is 5.18. The van der Waals surface area contributed by atoms with E-state index in [4.69, 9.17) is 4.74 Å². The third-order valence-electron chi connectivity index (χ3n) is 3.01. The van der Waals surface area contributed by atoms with Gasteiger partial charge in [-0.05, 0) is 36.0 Å². The molecule has 2 heteroatoms. The molecule has 2 unspecified atom stereocenters. The molecule has 0 saturated carbocycles. The second-order valence-electron chi connectivity index (χ2n) is 4.48. The van der Waals surface area contributed by atoms with Crippen LogP contribution in [0.3, 0.4) is 0 Å². The van der Waals surface area contributed by atoms with Gasteiger partial charge in [0.25, 0.3) is 0 Å². The van der Waals surface area contributed by atoms with Gasteiger partial charge in [0.05, 0.1) is 7.11 Å². The van der Waals surface area contributed by atoms with Crippen LogP contribution in [0.15, 0.2) is 24.3 Å². The summed E-state index contributed by atoms with van der Waals surface area (Å²) in [6.07, 6.45) is 1.15. The minimum Gasteiger partial charge on any atom is -0.497 e. The summed E-state index contributed by atoms with van der Waals surface area (Å²) in [6.45, 7) is 6.75. The van der Waals surface area contributed by atoms with Crippen molar-refractivity contribution in [2.45, 2.75) is 37.9 Å². The molecule has 16 heavy (non-hydrogen) atoms. The van der Waals surface area contributed by atoms with Crippen LogP contribution in [0.1, 0.15) is 38.7 Å². The van der Waals surface area contributed by atoms with Crippen molar-refractivity contribution >= 4 is 15.9 Å². The molecule has 0 bridgehead atoms. The van der Waals surface area contributed by atoms with E-state index in [-0.39, 0.29) is 0 Å². The first kappa shape index (κ1) is 13.6. The van der Waals surface area contributed by atoms with Gasteiger partial charge in [-0.25, -0.2) is 0 Å². The Bertz CT molecular complexity index is 305. The summed E-state index contributed by atoms with van der Waals surface area (Å²) in [5.41, 5.74) is 1.39. The highest BCUT2D eigenvalue weighted by Gasteiger charge is 2.21. The lowest BCUT2D eigenvalue weighted by Gasteiger charge is -2.24. The number of rotatable bonds is 5. The quantitative estimate of drug-likeness (QED) is 0.718. The second-order valence-corrected chi connectivity index (χ2v) is 5.53. The summed E-state index contributed by atoms with van der Waals surface area (Å²) < 4.78 is 5.18. The molecular formula is C14H21BrO. The van der Waals surface area contributed by atoms with Gasteiger partial charge < -0.3 is 4.74 Å². The number of benzene rings is 1. The van der Waals surface area contributed by atoms with Gasteiger partial charge in [0.2, 0.25) is 0 Å². The van der Waals surface area contributed by atoms with Crippen LogP contribution in [0.2, 0.25) is 0 Å². The van der Waals surface area contributed by atoms with Gasteiger partial charge in [-0.3, -0.25) is 0 Å². The lowest BCUT2D eigenvalue weighted by Crippen LogP contribution is -2.17. The van der Waals surface area contributed by atoms with E-state index in [1.807, 2.05) is 12.1 Å². The molecule has 0 spiro atoms. The minimum absolute atomic E-state index is 0.533. The van der Waals surface area contributed by atoms with Crippen molar-refractivity contribution in [3.8, 4) is 5.75 Å². The van der Waals surface area contributed by atoms with Crippen molar-refractivity contribution in [3.63, 3.8) is 0 Å². The van der Waals surface area contributed by atoms with Crippen LogP contribution in [0.4, 0.5) is 0 Å².